The van der Waals surface area contributed by atoms with Crippen molar-refractivity contribution in [3.63, 3.8) is 0 Å². The van der Waals surface area contributed by atoms with Crippen molar-refractivity contribution in [2.45, 2.75) is 6.92 Å². The highest BCUT2D eigenvalue weighted by atomic mass is 35.5. The van der Waals surface area contributed by atoms with E-state index in [0.717, 1.165) is 11.3 Å². The van der Waals surface area contributed by atoms with E-state index >= 15 is 0 Å². The van der Waals surface area contributed by atoms with E-state index in [0.29, 0.717) is 10.1 Å². The third kappa shape index (κ3) is 3.66. The summed E-state index contributed by atoms with van der Waals surface area (Å²) in [7, 11) is 0. The SMILES string of the molecule is Cc1ccccc1NC(=S)Nc1ccc(Cl)cc1F. The lowest BCUT2D eigenvalue weighted by atomic mass is 10.2. The normalized spacial score (nSPS) is 10.1. The number of hydrogen-bond donors (Lipinski definition) is 2. The van der Waals surface area contributed by atoms with Gasteiger partial charge in [0.05, 0.1) is 5.69 Å². The van der Waals surface area contributed by atoms with E-state index in [4.69, 9.17) is 23.8 Å². The Kier molecular flexibility index (Phi) is 4.35. The summed E-state index contributed by atoms with van der Waals surface area (Å²) in [6.45, 7) is 1.97. The molecular formula is C14H12ClFN2S. The topological polar surface area (TPSA) is 24.1 Å². The summed E-state index contributed by atoms with van der Waals surface area (Å²) in [5, 5.41) is 6.50. The number of halogens is 2. The molecule has 2 rings (SSSR count). The third-order valence-corrected chi connectivity index (χ3v) is 3.01. The Labute approximate surface area is 121 Å². The molecule has 2 aromatic carbocycles. The van der Waals surface area contributed by atoms with Crippen LogP contribution in [-0.4, -0.2) is 5.11 Å². The van der Waals surface area contributed by atoms with Gasteiger partial charge in [-0.2, -0.15) is 0 Å². The van der Waals surface area contributed by atoms with Crippen molar-refractivity contribution in [3.8, 4) is 0 Å². The Balaban J connectivity index is 2.08. The molecule has 98 valence electrons. The zero-order valence-corrected chi connectivity index (χ0v) is 11.8. The van der Waals surface area contributed by atoms with Gasteiger partial charge in [-0.3, -0.25) is 0 Å². The number of benzene rings is 2. The van der Waals surface area contributed by atoms with Crippen LogP contribution < -0.4 is 10.6 Å². The van der Waals surface area contributed by atoms with Crippen LogP contribution in [-0.2, 0) is 0 Å². The molecule has 0 saturated carbocycles. The van der Waals surface area contributed by atoms with E-state index in [1.54, 1.807) is 12.1 Å². The Morgan fingerprint density at radius 2 is 1.79 bits per heavy atom. The Morgan fingerprint density at radius 1 is 1.11 bits per heavy atom. The van der Waals surface area contributed by atoms with Gasteiger partial charge in [0.25, 0.3) is 0 Å². The molecule has 0 aromatic heterocycles. The van der Waals surface area contributed by atoms with Crippen LogP contribution in [0.2, 0.25) is 5.02 Å². The summed E-state index contributed by atoms with van der Waals surface area (Å²) >= 11 is 10.8. The van der Waals surface area contributed by atoms with E-state index in [9.17, 15) is 4.39 Å². The lowest BCUT2D eigenvalue weighted by Gasteiger charge is -2.12. The van der Waals surface area contributed by atoms with Crippen LogP contribution in [0.5, 0.6) is 0 Å². The number of thiocarbonyl (C=S) groups is 1. The lowest BCUT2D eigenvalue weighted by Crippen LogP contribution is -2.20. The molecule has 0 amide bonds. The second kappa shape index (κ2) is 5.99. The summed E-state index contributed by atoms with van der Waals surface area (Å²) in [4.78, 5) is 0. The van der Waals surface area contributed by atoms with Gasteiger partial charge in [0, 0.05) is 10.7 Å². The van der Waals surface area contributed by atoms with Crippen LogP contribution in [0, 0.1) is 12.7 Å². The van der Waals surface area contributed by atoms with Crippen LogP contribution in [0.1, 0.15) is 5.56 Å². The predicted octanol–water partition coefficient (Wildman–Crippen LogP) is 4.60. The van der Waals surface area contributed by atoms with E-state index in [2.05, 4.69) is 10.6 Å². The van der Waals surface area contributed by atoms with Crippen LogP contribution in [0.3, 0.4) is 0 Å². The van der Waals surface area contributed by atoms with Gasteiger partial charge in [0.15, 0.2) is 5.11 Å². The molecule has 0 bridgehead atoms. The molecule has 19 heavy (non-hydrogen) atoms. The summed E-state index contributed by atoms with van der Waals surface area (Å²) in [6, 6.07) is 12.1. The average molecular weight is 295 g/mol. The van der Waals surface area contributed by atoms with Crippen molar-refractivity contribution in [2.75, 3.05) is 10.6 Å². The van der Waals surface area contributed by atoms with Crippen LogP contribution in [0.25, 0.3) is 0 Å². The van der Waals surface area contributed by atoms with Gasteiger partial charge in [-0.25, -0.2) is 4.39 Å². The fraction of sp³-hybridized carbons (Fsp3) is 0.0714. The van der Waals surface area contributed by atoms with Gasteiger partial charge >= 0.3 is 0 Å². The number of anilines is 2. The fourth-order valence-electron chi connectivity index (χ4n) is 1.58. The molecule has 0 saturated heterocycles. The zero-order chi connectivity index (χ0) is 13.8. The Hall–Kier alpha value is -1.65. The molecule has 0 aliphatic heterocycles. The van der Waals surface area contributed by atoms with Gasteiger partial charge in [0.2, 0.25) is 0 Å². The summed E-state index contributed by atoms with van der Waals surface area (Å²) in [5.74, 6) is -0.443. The van der Waals surface area contributed by atoms with Crippen molar-refractivity contribution in [3.05, 3.63) is 58.9 Å². The Morgan fingerprint density at radius 3 is 2.47 bits per heavy atom. The smallest absolute Gasteiger partial charge is 0.175 e. The highest BCUT2D eigenvalue weighted by Crippen LogP contribution is 2.19. The molecule has 2 nitrogen and oxygen atoms in total. The maximum atomic E-state index is 13.6. The summed E-state index contributed by atoms with van der Waals surface area (Å²) in [6.07, 6.45) is 0. The minimum atomic E-state index is -0.443. The quantitative estimate of drug-likeness (QED) is 0.792. The van der Waals surface area contributed by atoms with E-state index in [1.807, 2.05) is 31.2 Å². The van der Waals surface area contributed by atoms with E-state index < -0.39 is 5.82 Å². The molecule has 2 N–H and O–H groups in total. The van der Waals surface area contributed by atoms with Crippen molar-refractivity contribution in [2.24, 2.45) is 0 Å². The van der Waals surface area contributed by atoms with E-state index in [-0.39, 0.29) is 5.69 Å². The molecule has 0 atom stereocenters. The molecule has 0 unspecified atom stereocenters. The first-order valence-electron chi connectivity index (χ1n) is 5.65. The summed E-state index contributed by atoms with van der Waals surface area (Å²) in [5.41, 5.74) is 2.23. The fourth-order valence-corrected chi connectivity index (χ4v) is 1.96. The van der Waals surface area contributed by atoms with Crippen molar-refractivity contribution in [1.82, 2.24) is 0 Å². The first-order valence-corrected chi connectivity index (χ1v) is 6.43. The number of hydrogen-bond acceptors (Lipinski definition) is 1. The standard InChI is InChI=1S/C14H12ClFN2S/c1-9-4-2-3-5-12(9)17-14(19)18-13-7-6-10(15)8-11(13)16/h2-8H,1H3,(H2,17,18,19). The number of aryl methyl sites for hydroxylation is 1. The zero-order valence-electron chi connectivity index (χ0n) is 10.2. The highest BCUT2D eigenvalue weighted by molar-refractivity contribution is 7.80. The van der Waals surface area contributed by atoms with E-state index in [1.165, 1.54) is 6.07 Å². The molecule has 0 aliphatic rings. The first-order chi connectivity index (χ1) is 9.06. The van der Waals surface area contributed by atoms with Gasteiger partial charge in [-0.05, 0) is 49.0 Å². The molecule has 0 fully saturated rings. The van der Waals surface area contributed by atoms with Crippen LogP contribution in [0.4, 0.5) is 15.8 Å². The molecule has 2 aromatic rings. The molecule has 5 heteroatoms. The predicted molar refractivity (Wildman–Crippen MR) is 82.4 cm³/mol. The molecule has 0 radical (unpaired) electrons. The van der Waals surface area contributed by atoms with Gasteiger partial charge in [-0.1, -0.05) is 29.8 Å². The van der Waals surface area contributed by atoms with Gasteiger partial charge in [-0.15, -0.1) is 0 Å². The molecule has 0 spiro atoms. The molecule has 0 aliphatic carbocycles. The lowest BCUT2D eigenvalue weighted by molar-refractivity contribution is 0.632. The monoisotopic (exact) mass is 294 g/mol. The minimum absolute atomic E-state index is 0.287. The third-order valence-electron chi connectivity index (χ3n) is 2.57. The number of rotatable bonds is 2. The maximum absolute atomic E-state index is 13.6. The first kappa shape index (κ1) is 13.8. The molecular weight excluding hydrogens is 283 g/mol. The largest absolute Gasteiger partial charge is 0.332 e. The average Bonchev–Trinajstić information content (AvgIpc) is 2.36. The summed E-state index contributed by atoms with van der Waals surface area (Å²) < 4.78 is 13.6. The van der Waals surface area contributed by atoms with Crippen molar-refractivity contribution >= 4 is 40.3 Å². The van der Waals surface area contributed by atoms with Gasteiger partial charge < -0.3 is 10.6 Å². The van der Waals surface area contributed by atoms with Crippen LogP contribution >= 0.6 is 23.8 Å². The maximum Gasteiger partial charge on any atom is 0.175 e. The Bertz CT molecular complexity index is 616. The van der Waals surface area contributed by atoms with Crippen molar-refractivity contribution < 1.29 is 4.39 Å². The van der Waals surface area contributed by atoms with Gasteiger partial charge in [0.1, 0.15) is 5.82 Å². The second-order valence-electron chi connectivity index (χ2n) is 4.02. The highest BCUT2D eigenvalue weighted by Gasteiger charge is 2.05. The van der Waals surface area contributed by atoms with Crippen molar-refractivity contribution in [1.29, 1.82) is 0 Å². The molecule has 0 heterocycles. The minimum Gasteiger partial charge on any atom is -0.332 e. The number of para-hydroxylation sites is 1. The second-order valence-corrected chi connectivity index (χ2v) is 4.86. The number of nitrogens with one attached hydrogen (secondary N) is 2. The van der Waals surface area contributed by atoms with Crippen LogP contribution in [0.15, 0.2) is 42.5 Å².